The van der Waals surface area contributed by atoms with Crippen LogP contribution in [0.3, 0.4) is 0 Å². The summed E-state index contributed by atoms with van der Waals surface area (Å²) in [5.41, 5.74) is 0. The van der Waals surface area contributed by atoms with E-state index in [1.54, 1.807) is 0 Å². The second kappa shape index (κ2) is 2.60. The zero-order chi connectivity index (χ0) is 5.98. The first-order chi connectivity index (χ1) is 3.80. The molecule has 0 saturated heterocycles. The molecule has 0 unspecified atom stereocenters. The second-order valence-electron chi connectivity index (χ2n) is 2.23. The summed E-state index contributed by atoms with van der Waals surface area (Å²) >= 11 is 0. The normalized spacial score (nSPS) is 26.1. The lowest BCUT2D eigenvalue weighted by atomic mass is 10.4. The van der Waals surface area contributed by atoms with Crippen molar-refractivity contribution < 1.29 is 4.21 Å². The SMILES string of the molecule is N[S@](=O)C1CCCC1. The molecule has 0 radical (unpaired) electrons. The van der Waals surface area contributed by atoms with E-state index in [0.717, 1.165) is 12.8 Å². The van der Waals surface area contributed by atoms with Gasteiger partial charge in [-0.25, -0.2) is 4.21 Å². The van der Waals surface area contributed by atoms with Crippen LogP contribution in [0.25, 0.3) is 0 Å². The molecule has 1 saturated carbocycles. The average molecular weight is 133 g/mol. The molecular formula is C5H11NOS. The predicted octanol–water partition coefficient (Wildman–Crippen LogP) is 0.551. The number of nitrogens with two attached hydrogens (primary N) is 1. The molecule has 0 bridgehead atoms. The topological polar surface area (TPSA) is 43.1 Å². The van der Waals surface area contributed by atoms with Gasteiger partial charge in [0.2, 0.25) is 0 Å². The van der Waals surface area contributed by atoms with Crippen LogP contribution in [0.2, 0.25) is 0 Å². The minimum Gasteiger partial charge on any atom is -0.252 e. The summed E-state index contributed by atoms with van der Waals surface area (Å²) in [6, 6.07) is 0. The van der Waals surface area contributed by atoms with Crippen molar-refractivity contribution in [2.45, 2.75) is 30.9 Å². The molecule has 2 N–H and O–H groups in total. The van der Waals surface area contributed by atoms with Crippen molar-refractivity contribution in [3.8, 4) is 0 Å². The van der Waals surface area contributed by atoms with Crippen LogP contribution in [0, 0.1) is 0 Å². The first kappa shape index (κ1) is 6.23. The summed E-state index contributed by atoms with van der Waals surface area (Å²) in [6.45, 7) is 0. The molecule has 1 atom stereocenters. The van der Waals surface area contributed by atoms with Crippen molar-refractivity contribution in [3.63, 3.8) is 0 Å². The molecule has 0 amide bonds. The lowest BCUT2D eigenvalue weighted by Crippen LogP contribution is -2.17. The molecule has 8 heavy (non-hydrogen) atoms. The Labute approximate surface area is 52.0 Å². The van der Waals surface area contributed by atoms with Crippen molar-refractivity contribution in [3.05, 3.63) is 0 Å². The van der Waals surface area contributed by atoms with E-state index in [0.29, 0.717) is 5.25 Å². The molecule has 0 aromatic rings. The quantitative estimate of drug-likeness (QED) is 0.557. The Morgan fingerprint density at radius 1 is 1.38 bits per heavy atom. The number of hydrogen-bond acceptors (Lipinski definition) is 1. The van der Waals surface area contributed by atoms with E-state index in [1.807, 2.05) is 0 Å². The van der Waals surface area contributed by atoms with Gasteiger partial charge in [0.1, 0.15) is 0 Å². The molecule has 0 heterocycles. The lowest BCUT2D eigenvalue weighted by molar-refractivity contribution is 0.670. The van der Waals surface area contributed by atoms with Gasteiger partial charge in [-0.05, 0) is 12.8 Å². The average Bonchev–Trinajstić information content (AvgIpc) is 2.12. The third kappa shape index (κ3) is 1.29. The van der Waals surface area contributed by atoms with Crippen molar-refractivity contribution in [1.29, 1.82) is 0 Å². The monoisotopic (exact) mass is 133 g/mol. The maximum absolute atomic E-state index is 10.5. The number of rotatable bonds is 1. The lowest BCUT2D eigenvalue weighted by Gasteiger charge is -2.00. The third-order valence-corrected chi connectivity index (χ3v) is 2.76. The zero-order valence-corrected chi connectivity index (χ0v) is 5.62. The predicted molar refractivity (Wildman–Crippen MR) is 34.6 cm³/mol. The summed E-state index contributed by atoms with van der Waals surface area (Å²) in [4.78, 5) is 0. The van der Waals surface area contributed by atoms with Gasteiger partial charge < -0.3 is 0 Å². The molecule has 1 rings (SSSR count). The summed E-state index contributed by atoms with van der Waals surface area (Å²) in [6.07, 6.45) is 4.58. The maximum Gasteiger partial charge on any atom is 0.0919 e. The van der Waals surface area contributed by atoms with E-state index in [-0.39, 0.29) is 0 Å². The van der Waals surface area contributed by atoms with Gasteiger partial charge in [0.25, 0.3) is 0 Å². The molecule has 1 aliphatic rings. The van der Waals surface area contributed by atoms with E-state index < -0.39 is 11.0 Å². The second-order valence-corrected chi connectivity index (χ2v) is 3.56. The van der Waals surface area contributed by atoms with Gasteiger partial charge in [-0.1, -0.05) is 12.8 Å². The van der Waals surface area contributed by atoms with Crippen molar-refractivity contribution in [2.75, 3.05) is 0 Å². The van der Waals surface area contributed by atoms with E-state index in [9.17, 15) is 4.21 Å². The smallest absolute Gasteiger partial charge is 0.0919 e. The third-order valence-electron chi connectivity index (χ3n) is 1.63. The molecule has 1 fully saturated rings. The maximum atomic E-state index is 10.5. The molecule has 0 aromatic carbocycles. The number of hydrogen-bond donors (Lipinski definition) is 1. The largest absolute Gasteiger partial charge is 0.252 e. The zero-order valence-electron chi connectivity index (χ0n) is 4.80. The van der Waals surface area contributed by atoms with Gasteiger partial charge in [0, 0.05) is 5.25 Å². The van der Waals surface area contributed by atoms with Crippen LogP contribution in [0.5, 0.6) is 0 Å². The Balaban J connectivity index is 2.35. The minimum atomic E-state index is -1.04. The van der Waals surface area contributed by atoms with E-state index >= 15 is 0 Å². The summed E-state index contributed by atoms with van der Waals surface area (Å²) in [7, 11) is -1.04. The van der Waals surface area contributed by atoms with Crippen LogP contribution in [0.15, 0.2) is 0 Å². The Morgan fingerprint density at radius 3 is 2.12 bits per heavy atom. The minimum absolute atomic E-state index is 0.315. The molecular weight excluding hydrogens is 122 g/mol. The molecule has 0 aromatic heterocycles. The van der Waals surface area contributed by atoms with E-state index in [1.165, 1.54) is 12.8 Å². The molecule has 48 valence electrons. The molecule has 0 spiro atoms. The molecule has 1 aliphatic carbocycles. The van der Waals surface area contributed by atoms with Crippen molar-refractivity contribution in [2.24, 2.45) is 5.14 Å². The van der Waals surface area contributed by atoms with Gasteiger partial charge >= 0.3 is 0 Å². The molecule has 2 nitrogen and oxygen atoms in total. The Kier molecular flexibility index (Phi) is 2.02. The van der Waals surface area contributed by atoms with Crippen LogP contribution in [-0.4, -0.2) is 9.46 Å². The first-order valence-electron chi connectivity index (χ1n) is 2.95. The van der Waals surface area contributed by atoms with E-state index in [4.69, 9.17) is 5.14 Å². The Morgan fingerprint density at radius 2 is 1.88 bits per heavy atom. The van der Waals surface area contributed by atoms with E-state index in [2.05, 4.69) is 0 Å². The van der Waals surface area contributed by atoms with Gasteiger partial charge in [-0.15, -0.1) is 0 Å². The van der Waals surface area contributed by atoms with Gasteiger partial charge in [0.15, 0.2) is 0 Å². The summed E-state index contributed by atoms with van der Waals surface area (Å²) in [5.74, 6) is 0. The molecule has 3 heteroatoms. The van der Waals surface area contributed by atoms with Gasteiger partial charge in [-0.2, -0.15) is 0 Å². The first-order valence-corrected chi connectivity index (χ1v) is 4.23. The fourth-order valence-electron chi connectivity index (χ4n) is 1.12. The van der Waals surface area contributed by atoms with Crippen molar-refractivity contribution >= 4 is 11.0 Å². The Bertz CT molecular complexity index is 98.6. The van der Waals surface area contributed by atoms with Gasteiger partial charge in [0.05, 0.1) is 11.0 Å². The molecule has 0 aliphatic heterocycles. The summed E-state index contributed by atoms with van der Waals surface area (Å²) < 4.78 is 10.5. The van der Waals surface area contributed by atoms with Gasteiger partial charge in [-0.3, -0.25) is 5.14 Å². The van der Waals surface area contributed by atoms with Crippen LogP contribution in [0.4, 0.5) is 0 Å². The Hall–Kier alpha value is 0.110. The fourth-order valence-corrected chi connectivity index (χ4v) is 1.92. The van der Waals surface area contributed by atoms with Crippen LogP contribution in [0.1, 0.15) is 25.7 Å². The van der Waals surface area contributed by atoms with Crippen LogP contribution < -0.4 is 5.14 Å². The van der Waals surface area contributed by atoms with Crippen LogP contribution in [-0.2, 0) is 11.0 Å². The summed E-state index contributed by atoms with van der Waals surface area (Å²) in [5, 5.41) is 5.48. The van der Waals surface area contributed by atoms with Crippen LogP contribution >= 0.6 is 0 Å². The van der Waals surface area contributed by atoms with Crippen molar-refractivity contribution in [1.82, 2.24) is 0 Å². The highest BCUT2D eigenvalue weighted by Crippen LogP contribution is 2.20. The standard InChI is InChI=1S/C5H11NOS/c6-8(7)5-3-1-2-4-5/h5H,1-4,6H2/t8-/m1/s1. The highest BCUT2D eigenvalue weighted by Gasteiger charge is 2.18. The highest BCUT2D eigenvalue weighted by atomic mass is 32.2. The highest BCUT2D eigenvalue weighted by molar-refractivity contribution is 7.83. The fraction of sp³-hybridized carbons (Fsp3) is 1.00.